The molecule has 1 heterocycles. The largest absolute Gasteiger partial charge is 0.497 e. The molecule has 162 valence electrons. The number of likely N-dealkylation sites (N-methyl/N-ethyl adjacent to an activating group) is 1. The van der Waals surface area contributed by atoms with Crippen LogP contribution >= 0.6 is 0 Å². The number of carbonyl (C=O) groups excluding carboxylic acids is 1. The molecule has 0 radical (unpaired) electrons. The van der Waals surface area contributed by atoms with E-state index in [2.05, 4.69) is 46.5 Å². The summed E-state index contributed by atoms with van der Waals surface area (Å²) < 4.78 is 5.41. The Bertz CT molecular complexity index is 654. The number of nitrogens with zero attached hydrogens (tertiary/aromatic N) is 3. The molecule has 2 rings (SSSR count). The van der Waals surface area contributed by atoms with E-state index >= 15 is 0 Å². The summed E-state index contributed by atoms with van der Waals surface area (Å²) in [5.41, 5.74) is 1.20. The third kappa shape index (κ3) is 6.92. The number of amides is 1. The Labute approximate surface area is 175 Å². The Hall–Kier alpha value is -2.28. The maximum atomic E-state index is 12.3. The van der Waals surface area contributed by atoms with Crippen LogP contribution in [0.5, 0.6) is 5.75 Å². The van der Waals surface area contributed by atoms with Crippen LogP contribution in [0.1, 0.15) is 45.2 Å². The molecule has 7 heteroatoms. The first kappa shape index (κ1) is 23.0. The quantitative estimate of drug-likeness (QED) is 0.463. The summed E-state index contributed by atoms with van der Waals surface area (Å²) in [6.45, 7) is 11.6. The highest BCUT2D eigenvalue weighted by molar-refractivity contribution is 5.85. The van der Waals surface area contributed by atoms with Gasteiger partial charge in [-0.1, -0.05) is 26.0 Å². The minimum atomic E-state index is 0.104. The van der Waals surface area contributed by atoms with Crippen molar-refractivity contribution >= 4 is 11.9 Å². The van der Waals surface area contributed by atoms with Crippen LogP contribution in [-0.2, 0) is 4.79 Å². The van der Waals surface area contributed by atoms with Gasteiger partial charge in [0, 0.05) is 26.2 Å². The molecule has 0 spiro atoms. The van der Waals surface area contributed by atoms with E-state index in [0.29, 0.717) is 12.5 Å². The summed E-state index contributed by atoms with van der Waals surface area (Å²) in [5, 5.41) is 6.70. The summed E-state index contributed by atoms with van der Waals surface area (Å²) in [6, 6.07) is 8.39. The Morgan fingerprint density at radius 2 is 1.93 bits per heavy atom. The van der Waals surface area contributed by atoms with Gasteiger partial charge in [-0.3, -0.25) is 9.69 Å². The molecular weight excluding hydrogens is 366 g/mol. The molecule has 0 saturated carbocycles. The van der Waals surface area contributed by atoms with E-state index in [-0.39, 0.29) is 18.5 Å². The fraction of sp³-hybridized carbons (Fsp3) is 0.636. The number of nitrogens with one attached hydrogen (secondary N) is 2. The van der Waals surface area contributed by atoms with Crippen molar-refractivity contribution in [1.29, 1.82) is 0 Å². The van der Waals surface area contributed by atoms with Crippen molar-refractivity contribution in [2.45, 2.75) is 39.7 Å². The minimum absolute atomic E-state index is 0.104. The molecular formula is C22H37N5O2. The Balaban J connectivity index is 2.08. The zero-order valence-corrected chi connectivity index (χ0v) is 18.4. The van der Waals surface area contributed by atoms with Crippen LogP contribution in [0.2, 0.25) is 0 Å². The van der Waals surface area contributed by atoms with Crippen LogP contribution < -0.4 is 15.4 Å². The van der Waals surface area contributed by atoms with Crippen molar-refractivity contribution in [1.82, 2.24) is 20.4 Å². The Morgan fingerprint density at radius 3 is 2.55 bits per heavy atom. The third-order valence-electron chi connectivity index (χ3n) is 5.37. The molecule has 1 aliphatic rings. The standard InChI is InChI=1S/C22H37N5O2/c1-5-23-22(25-17-21(28)27-13-8-9-14-27)24-16-20(26(6-2)7-3)18-11-10-12-19(15-18)29-4/h10-12,15,20H,5-9,13-14,16-17H2,1-4H3,(H2,23,24,25). The zero-order valence-electron chi connectivity index (χ0n) is 18.4. The number of carbonyl (C=O) groups is 1. The number of hydrogen-bond acceptors (Lipinski definition) is 4. The average Bonchev–Trinajstić information content (AvgIpc) is 3.29. The highest BCUT2D eigenvalue weighted by Crippen LogP contribution is 2.23. The predicted molar refractivity (Wildman–Crippen MR) is 118 cm³/mol. The fourth-order valence-corrected chi connectivity index (χ4v) is 3.72. The molecule has 1 aliphatic heterocycles. The van der Waals surface area contributed by atoms with Crippen molar-refractivity contribution in [3.8, 4) is 5.75 Å². The number of methoxy groups -OCH3 is 1. The second-order valence-electron chi connectivity index (χ2n) is 7.18. The average molecular weight is 404 g/mol. The molecule has 1 amide bonds. The molecule has 7 nitrogen and oxygen atoms in total. The van der Waals surface area contributed by atoms with Crippen molar-refractivity contribution < 1.29 is 9.53 Å². The van der Waals surface area contributed by atoms with Gasteiger partial charge in [-0.05, 0) is 50.6 Å². The van der Waals surface area contributed by atoms with Crippen molar-refractivity contribution in [3.05, 3.63) is 29.8 Å². The number of ether oxygens (including phenoxy) is 1. The number of likely N-dealkylation sites (tertiary alicyclic amines) is 1. The van der Waals surface area contributed by atoms with Crippen LogP contribution in [0.15, 0.2) is 29.3 Å². The van der Waals surface area contributed by atoms with Gasteiger partial charge in [0.1, 0.15) is 12.3 Å². The zero-order chi connectivity index (χ0) is 21.1. The molecule has 1 unspecified atom stereocenters. The van der Waals surface area contributed by atoms with Gasteiger partial charge in [0.2, 0.25) is 5.91 Å². The molecule has 0 aromatic heterocycles. The van der Waals surface area contributed by atoms with Gasteiger partial charge in [-0.2, -0.15) is 0 Å². The fourth-order valence-electron chi connectivity index (χ4n) is 3.72. The lowest BCUT2D eigenvalue weighted by Crippen LogP contribution is -2.43. The number of benzene rings is 1. The SMILES string of the molecule is CCNC(=NCC(=O)N1CCCC1)NCC(c1cccc(OC)c1)N(CC)CC. The monoisotopic (exact) mass is 403 g/mol. The molecule has 2 N–H and O–H groups in total. The van der Waals surface area contributed by atoms with E-state index in [4.69, 9.17) is 4.74 Å². The van der Waals surface area contributed by atoms with Gasteiger partial charge in [0.25, 0.3) is 0 Å². The normalized spacial score (nSPS) is 15.5. The van der Waals surface area contributed by atoms with Crippen LogP contribution in [-0.4, -0.2) is 74.6 Å². The van der Waals surface area contributed by atoms with E-state index in [9.17, 15) is 4.79 Å². The van der Waals surface area contributed by atoms with E-state index in [0.717, 1.165) is 51.3 Å². The number of guanidine groups is 1. The minimum Gasteiger partial charge on any atom is -0.497 e. The van der Waals surface area contributed by atoms with Crippen molar-refractivity contribution in [2.75, 3.05) is 52.9 Å². The maximum Gasteiger partial charge on any atom is 0.244 e. The number of aliphatic imine (C=N–C) groups is 1. The molecule has 1 aromatic rings. The summed E-state index contributed by atoms with van der Waals surface area (Å²) in [6.07, 6.45) is 2.19. The van der Waals surface area contributed by atoms with Gasteiger partial charge in [0.15, 0.2) is 5.96 Å². The molecule has 0 aliphatic carbocycles. The van der Waals surface area contributed by atoms with Crippen molar-refractivity contribution in [2.24, 2.45) is 4.99 Å². The third-order valence-corrected chi connectivity index (χ3v) is 5.37. The molecule has 1 aromatic carbocycles. The second kappa shape index (κ2) is 12.3. The number of rotatable bonds is 10. The smallest absolute Gasteiger partial charge is 0.244 e. The summed E-state index contributed by atoms with van der Waals surface area (Å²) in [5.74, 6) is 1.64. The van der Waals surface area contributed by atoms with Crippen LogP contribution in [0, 0.1) is 0 Å². The second-order valence-corrected chi connectivity index (χ2v) is 7.18. The van der Waals surface area contributed by atoms with E-state index in [1.54, 1.807) is 7.11 Å². The summed E-state index contributed by atoms with van der Waals surface area (Å²) in [4.78, 5) is 21.2. The van der Waals surface area contributed by atoms with Gasteiger partial charge >= 0.3 is 0 Å². The topological polar surface area (TPSA) is 69.2 Å². The van der Waals surface area contributed by atoms with Crippen LogP contribution in [0.3, 0.4) is 0 Å². The lowest BCUT2D eigenvalue weighted by Gasteiger charge is -2.31. The predicted octanol–water partition coefficient (Wildman–Crippen LogP) is 2.26. The molecule has 0 bridgehead atoms. The number of hydrogen-bond donors (Lipinski definition) is 2. The summed E-state index contributed by atoms with van der Waals surface area (Å²) >= 11 is 0. The molecule has 29 heavy (non-hydrogen) atoms. The molecule has 1 fully saturated rings. The first-order chi connectivity index (χ1) is 14.1. The lowest BCUT2D eigenvalue weighted by atomic mass is 10.0. The lowest BCUT2D eigenvalue weighted by molar-refractivity contribution is -0.128. The first-order valence-corrected chi connectivity index (χ1v) is 10.8. The molecule has 1 saturated heterocycles. The highest BCUT2D eigenvalue weighted by atomic mass is 16.5. The van der Waals surface area contributed by atoms with E-state index in [1.165, 1.54) is 5.56 Å². The Kier molecular flexibility index (Phi) is 9.77. The molecule has 1 atom stereocenters. The van der Waals surface area contributed by atoms with E-state index < -0.39 is 0 Å². The van der Waals surface area contributed by atoms with Crippen molar-refractivity contribution in [3.63, 3.8) is 0 Å². The van der Waals surface area contributed by atoms with Gasteiger partial charge in [-0.25, -0.2) is 4.99 Å². The van der Waals surface area contributed by atoms with E-state index in [1.807, 2.05) is 24.0 Å². The van der Waals surface area contributed by atoms with Crippen LogP contribution in [0.25, 0.3) is 0 Å². The Morgan fingerprint density at radius 1 is 1.21 bits per heavy atom. The van der Waals surface area contributed by atoms with Gasteiger partial charge < -0.3 is 20.3 Å². The summed E-state index contributed by atoms with van der Waals surface area (Å²) in [7, 11) is 1.69. The van der Waals surface area contributed by atoms with Gasteiger partial charge in [-0.15, -0.1) is 0 Å². The van der Waals surface area contributed by atoms with Crippen LogP contribution in [0.4, 0.5) is 0 Å². The first-order valence-electron chi connectivity index (χ1n) is 10.8. The maximum absolute atomic E-state index is 12.3. The van der Waals surface area contributed by atoms with Gasteiger partial charge in [0.05, 0.1) is 13.2 Å². The highest BCUT2D eigenvalue weighted by Gasteiger charge is 2.20.